The molecule has 2 N–H and O–H groups in total. The zero-order valence-electron chi connectivity index (χ0n) is 12.5. The molecule has 1 aliphatic heterocycles. The van der Waals surface area contributed by atoms with Crippen molar-refractivity contribution in [3.05, 3.63) is 0 Å². The lowest BCUT2D eigenvalue weighted by molar-refractivity contribution is -0.140. The van der Waals surface area contributed by atoms with Gasteiger partial charge in [-0.3, -0.25) is 4.79 Å². The molecule has 0 spiro atoms. The topological polar surface area (TPSA) is 50.4 Å². The van der Waals surface area contributed by atoms with Crippen LogP contribution in [0.1, 0.15) is 46.5 Å². The van der Waals surface area contributed by atoms with Crippen LogP contribution in [0, 0.1) is 11.3 Å². The lowest BCUT2D eigenvalue weighted by atomic mass is 9.64. The van der Waals surface area contributed by atoms with Crippen molar-refractivity contribution in [3.63, 3.8) is 0 Å². The number of carbonyl (C=O) groups is 1. The zero-order valence-corrected chi connectivity index (χ0v) is 12.5. The quantitative estimate of drug-likeness (QED) is 0.721. The number of nitrogens with one attached hydrogen (secondary N) is 2. The Kier molecular flexibility index (Phi) is 4.85. The van der Waals surface area contributed by atoms with Gasteiger partial charge >= 0.3 is 0 Å². The van der Waals surface area contributed by atoms with E-state index >= 15 is 0 Å². The van der Waals surface area contributed by atoms with Crippen molar-refractivity contribution in [2.24, 2.45) is 11.3 Å². The van der Waals surface area contributed by atoms with Gasteiger partial charge in [0.15, 0.2) is 0 Å². The average Bonchev–Trinajstić information content (AvgIpc) is 2.90. The van der Waals surface area contributed by atoms with E-state index in [9.17, 15) is 4.79 Å². The summed E-state index contributed by atoms with van der Waals surface area (Å²) in [5, 5.41) is 6.45. The standard InChI is InChI=1S/C15H28N2O2/c1-4-5-8-19-13-9-12(15(13,2)3)17-14(18)11-6-7-16-10-11/h11-13,16H,4-10H2,1-3H3,(H,17,18). The Hall–Kier alpha value is -0.610. The smallest absolute Gasteiger partial charge is 0.224 e. The fourth-order valence-corrected chi connectivity index (χ4v) is 2.95. The number of hydrogen-bond acceptors (Lipinski definition) is 3. The number of carbonyl (C=O) groups excluding carboxylic acids is 1. The minimum absolute atomic E-state index is 0.0649. The molecule has 1 heterocycles. The Labute approximate surface area is 116 Å². The molecule has 3 atom stereocenters. The van der Waals surface area contributed by atoms with E-state index in [1.807, 2.05) is 0 Å². The number of ether oxygens (including phenoxy) is 1. The van der Waals surface area contributed by atoms with Gasteiger partial charge in [-0.25, -0.2) is 0 Å². The van der Waals surface area contributed by atoms with Gasteiger partial charge in [0.2, 0.25) is 5.91 Å². The third-order valence-electron chi connectivity index (χ3n) is 4.74. The summed E-state index contributed by atoms with van der Waals surface area (Å²) in [5.41, 5.74) is 0.0649. The highest BCUT2D eigenvalue weighted by Gasteiger charge is 2.50. The molecule has 1 saturated heterocycles. The van der Waals surface area contributed by atoms with Crippen LogP contribution in [0.5, 0.6) is 0 Å². The molecule has 2 fully saturated rings. The van der Waals surface area contributed by atoms with Gasteiger partial charge < -0.3 is 15.4 Å². The molecule has 19 heavy (non-hydrogen) atoms. The molecule has 4 nitrogen and oxygen atoms in total. The third-order valence-corrected chi connectivity index (χ3v) is 4.74. The van der Waals surface area contributed by atoms with E-state index in [4.69, 9.17) is 4.74 Å². The molecular formula is C15H28N2O2. The second kappa shape index (κ2) is 6.23. The van der Waals surface area contributed by atoms with Crippen molar-refractivity contribution in [2.75, 3.05) is 19.7 Å². The molecular weight excluding hydrogens is 240 g/mol. The molecule has 1 saturated carbocycles. The Morgan fingerprint density at radius 1 is 1.47 bits per heavy atom. The molecule has 0 bridgehead atoms. The highest BCUT2D eigenvalue weighted by Crippen LogP contribution is 2.43. The minimum Gasteiger partial charge on any atom is -0.378 e. The minimum atomic E-state index is 0.0649. The average molecular weight is 268 g/mol. The van der Waals surface area contributed by atoms with Crippen LogP contribution in [0.4, 0.5) is 0 Å². The van der Waals surface area contributed by atoms with Crippen LogP contribution in [0.15, 0.2) is 0 Å². The number of hydrogen-bond donors (Lipinski definition) is 2. The monoisotopic (exact) mass is 268 g/mol. The number of amides is 1. The maximum absolute atomic E-state index is 12.1. The van der Waals surface area contributed by atoms with E-state index in [-0.39, 0.29) is 23.3 Å². The first kappa shape index (κ1) is 14.8. The third kappa shape index (κ3) is 3.29. The SMILES string of the molecule is CCCCOC1CC(NC(=O)C2CCNC2)C1(C)C. The van der Waals surface area contributed by atoms with Crippen LogP contribution in [-0.4, -0.2) is 37.7 Å². The predicted octanol–water partition coefficient (Wildman–Crippen LogP) is 1.70. The normalized spacial score (nSPS) is 32.9. The van der Waals surface area contributed by atoms with Crippen molar-refractivity contribution < 1.29 is 9.53 Å². The van der Waals surface area contributed by atoms with Gasteiger partial charge in [-0.15, -0.1) is 0 Å². The second-order valence-corrected chi connectivity index (χ2v) is 6.52. The van der Waals surface area contributed by atoms with Crippen LogP contribution in [-0.2, 0) is 9.53 Å². The maximum atomic E-state index is 12.1. The molecule has 2 aliphatic rings. The van der Waals surface area contributed by atoms with Gasteiger partial charge in [-0.2, -0.15) is 0 Å². The van der Waals surface area contributed by atoms with Gasteiger partial charge in [-0.1, -0.05) is 27.2 Å². The van der Waals surface area contributed by atoms with Gasteiger partial charge in [0.05, 0.1) is 12.0 Å². The summed E-state index contributed by atoms with van der Waals surface area (Å²) in [5.74, 6) is 0.381. The predicted molar refractivity (Wildman–Crippen MR) is 76.0 cm³/mol. The highest BCUT2D eigenvalue weighted by atomic mass is 16.5. The Morgan fingerprint density at radius 2 is 2.26 bits per heavy atom. The molecule has 110 valence electrons. The lowest BCUT2D eigenvalue weighted by Gasteiger charge is -2.52. The van der Waals surface area contributed by atoms with E-state index in [1.165, 1.54) is 6.42 Å². The van der Waals surface area contributed by atoms with Crippen LogP contribution >= 0.6 is 0 Å². The Morgan fingerprint density at radius 3 is 2.84 bits per heavy atom. The van der Waals surface area contributed by atoms with Crippen LogP contribution in [0.2, 0.25) is 0 Å². The van der Waals surface area contributed by atoms with Crippen molar-refractivity contribution in [1.29, 1.82) is 0 Å². The molecule has 1 amide bonds. The van der Waals surface area contributed by atoms with E-state index in [2.05, 4.69) is 31.4 Å². The van der Waals surface area contributed by atoms with Gasteiger partial charge in [0.25, 0.3) is 0 Å². The first-order valence-corrected chi connectivity index (χ1v) is 7.68. The summed E-state index contributed by atoms with van der Waals surface area (Å²) in [6, 6.07) is 0.271. The zero-order chi connectivity index (χ0) is 13.9. The highest BCUT2D eigenvalue weighted by molar-refractivity contribution is 5.79. The van der Waals surface area contributed by atoms with Gasteiger partial charge in [-0.05, 0) is 25.8 Å². The van der Waals surface area contributed by atoms with Crippen molar-refractivity contribution >= 4 is 5.91 Å². The van der Waals surface area contributed by atoms with E-state index in [0.717, 1.165) is 39.0 Å². The first-order chi connectivity index (χ1) is 9.05. The number of unbranched alkanes of at least 4 members (excludes halogenated alkanes) is 1. The Bertz CT molecular complexity index is 311. The molecule has 1 aliphatic carbocycles. The summed E-state index contributed by atoms with van der Waals surface area (Å²) in [6.07, 6.45) is 4.52. The van der Waals surface area contributed by atoms with Crippen molar-refractivity contribution in [2.45, 2.75) is 58.6 Å². The van der Waals surface area contributed by atoms with Crippen molar-refractivity contribution in [3.8, 4) is 0 Å². The van der Waals surface area contributed by atoms with Gasteiger partial charge in [0.1, 0.15) is 0 Å². The van der Waals surface area contributed by atoms with E-state index in [1.54, 1.807) is 0 Å². The maximum Gasteiger partial charge on any atom is 0.224 e. The fourth-order valence-electron chi connectivity index (χ4n) is 2.95. The molecule has 0 aromatic rings. The van der Waals surface area contributed by atoms with Crippen LogP contribution in [0.3, 0.4) is 0 Å². The summed E-state index contributed by atoms with van der Waals surface area (Å²) in [7, 11) is 0. The lowest BCUT2D eigenvalue weighted by Crippen LogP contribution is -2.62. The summed E-state index contributed by atoms with van der Waals surface area (Å²) >= 11 is 0. The summed E-state index contributed by atoms with van der Waals surface area (Å²) in [4.78, 5) is 12.1. The van der Waals surface area contributed by atoms with E-state index < -0.39 is 0 Å². The molecule has 2 rings (SSSR count). The molecule has 0 aromatic heterocycles. The fraction of sp³-hybridized carbons (Fsp3) is 0.933. The largest absolute Gasteiger partial charge is 0.378 e. The first-order valence-electron chi connectivity index (χ1n) is 7.68. The molecule has 4 heteroatoms. The molecule has 0 radical (unpaired) electrons. The second-order valence-electron chi connectivity index (χ2n) is 6.52. The number of rotatable bonds is 6. The van der Waals surface area contributed by atoms with Gasteiger partial charge in [0, 0.05) is 24.6 Å². The summed E-state index contributed by atoms with van der Waals surface area (Å²) < 4.78 is 5.91. The van der Waals surface area contributed by atoms with Crippen LogP contribution < -0.4 is 10.6 Å². The van der Waals surface area contributed by atoms with Crippen LogP contribution in [0.25, 0.3) is 0 Å². The summed E-state index contributed by atoms with van der Waals surface area (Å²) in [6.45, 7) is 9.21. The molecule has 3 unspecified atom stereocenters. The van der Waals surface area contributed by atoms with Crippen molar-refractivity contribution in [1.82, 2.24) is 10.6 Å². The Balaban J connectivity index is 1.75. The molecule has 0 aromatic carbocycles. The van der Waals surface area contributed by atoms with E-state index in [0.29, 0.717) is 6.10 Å².